The summed E-state index contributed by atoms with van der Waals surface area (Å²) in [5.74, 6) is 0.617. The smallest absolute Gasteiger partial charge is 0.241 e. The number of rotatable bonds is 5. The minimum Gasteiger partial charge on any atom is -0.316 e. The van der Waals surface area contributed by atoms with Crippen LogP contribution < -0.4 is 10.0 Å². The molecule has 6 heteroatoms. The highest BCUT2D eigenvalue weighted by atomic mass is 79.9. The van der Waals surface area contributed by atoms with Crippen molar-refractivity contribution < 1.29 is 8.42 Å². The summed E-state index contributed by atoms with van der Waals surface area (Å²) in [6.45, 7) is 4.60. The van der Waals surface area contributed by atoms with E-state index in [1.165, 1.54) is 0 Å². The Labute approximate surface area is 129 Å². The van der Waals surface area contributed by atoms with Crippen LogP contribution in [0.15, 0.2) is 21.5 Å². The zero-order valence-corrected chi connectivity index (χ0v) is 14.4. The quantitative estimate of drug-likeness (QED) is 0.848. The average Bonchev–Trinajstić information content (AvgIpc) is 2.31. The van der Waals surface area contributed by atoms with Crippen LogP contribution in [0.4, 0.5) is 0 Å². The van der Waals surface area contributed by atoms with Crippen LogP contribution in [0.1, 0.15) is 30.9 Å². The van der Waals surface area contributed by atoms with Crippen LogP contribution in [0, 0.1) is 12.8 Å². The molecule has 4 nitrogen and oxygen atoms in total. The third-order valence-electron chi connectivity index (χ3n) is 3.72. The minimum atomic E-state index is -3.45. The summed E-state index contributed by atoms with van der Waals surface area (Å²) in [5, 5.41) is 3.04. The Hall–Kier alpha value is -0.430. The summed E-state index contributed by atoms with van der Waals surface area (Å²) in [6.07, 6.45) is 1.85. The van der Waals surface area contributed by atoms with E-state index in [9.17, 15) is 8.42 Å². The molecular formula is C14H21BrN2O2S. The highest BCUT2D eigenvalue weighted by Gasteiger charge is 2.30. The van der Waals surface area contributed by atoms with Gasteiger partial charge in [0.15, 0.2) is 0 Å². The zero-order valence-electron chi connectivity index (χ0n) is 12.0. The van der Waals surface area contributed by atoms with E-state index in [1.54, 1.807) is 6.07 Å². The van der Waals surface area contributed by atoms with E-state index >= 15 is 0 Å². The summed E-state index contributed by atoms with van der Waals surface area (Å²) in [4.78, 5) is 0.372. The van der Waals surface area contributed by atoms with Crippen LogP contribution in [0.25, 0.3) is 0 Å². The van der Waals surface area contributed by atoms with Crippen molar-refractivity contribution in [1.82, 2.24) is 10.0 Å². The molecule has 1 aliphatic rings. The molecule has 0 aromatic heterocycles. The molecule has 1 aromatic rings. The largest absolute Gasteiger partial charge is 0.316 e. The van der Waals surface area contributed by atoms with Gasteiger partial charge in [-0.15, -0.1) is 0 Å². The summed E-state index contributed by atoms with van der Waals surface area (Å²) >= 11 is 3.45. The van der Waals surface area contributed by atoms with E-state index in [2.05, 4.69) is 32.9 Å². The second-order valence-electron chi connectivity index (χ2n) is 5.63. The second-order valence-corrected chi connectivity index (χ2v) is 8.16. The summed E-state index contributed by atoms with van der Waals surface area (Å²) in [5.41, 5.74) is 1.71. The van der Waals surface area contributed by atoms with Crippen molar-refractivity contribution in [3.05, 3.63) is 27.7 Å². The van der Waals surface area contributed by atoms with Crippen molar-refractivity contribution in [2.75, 3.05) is 7.05 Å². The molecule has 0 unspecified atom stereocenters. The highest BCUT2D eigenvalue weighted by Crippen LogP contribution is 2.30. The second kappa shape index (κ2) is 6.13. The normalized spacial score (nSPS) is 22.6. The van der Waals surface area contributed by atoms with Gasteiger partial charge in [0.2, 0.25) is 10.0 Å². The summed E-state index contributed by atoms with van der Waals surface area (Å²) in [7, 11) is -1.60. The SMILES string of the molecule is CNCc1cc(Br)c(C)c(S(=O)(=O)NC2CC(C)C2)c1. The first-order valence-corrected chi connectivity index (χ1v) is 9.07. The molecule has 1 aromatic carbocycles. The molecular weight excluding hydrogens is 340 g/mol. The lowest BCUT2D eigenvalue weighted by Crippen LogP contribution is -2.43. The Balaban J connectivity index is 2.30. The maximum atomic E-state index is 12.5. The Morgan fingerprint density at radius 1 is 1.35 bits per heavy atom. The van der Waals surface area contributed by atoms with Gasteiger partial charge in [0.1, 0.15) is 0 Å². The zero-order chi connectivity index (χ0) is 14.9. The lowest BCUT2D eigenvalue weighted by molar-refractivity contribution is 0.270. The van der Waals surface area contributed by atoms with Gasteiger partial charge in [0, 0.05) is 17.1 Å². The Morgan fingerprint density at radius 2 is 2.00 bits per heavy atom. The van der Waals surface area contributed by atoms with Crippen molar-refractivity contribution in [1.29, 1.82) is 0 Å². The third kappa shape index (κ3) is 3.42. The van der Waals surface area contributed by atoms with E-state index in [4.69, 9.17) is 0 Å². The number of hydrogen-bond acceptors (Lipinski definition) is 3. The van der Waals surface area contributed by atoms with Crippen molar-refractivity contribution in [3.8, 4) is 0 Å². The van der Waals surface area contributed by atoms with Gasteiger partial charge in [-0.3, -0.25) is 0 Å². The van der Waals surface area contributed by atoms with E-state index < -0.39 is 10.0 Å². The fourth-order valence-electron chi connectivity index (χ4n) is 2.57. The first-order chi connectivity index (χ1) is 9.33. The predicted molar refractivity (Wildman–Crippen MR) is 84.2 cm³/mol. The minimum absolute atomic E-state index is 0.0844. The van der Waals surface area contributed by atoms with Crippen molar-refractivity contribution in [2.45, 2.75) is 44.2 Å². The molecule has 0 spiro atoms. The molecule has 1 aliphatic carbocycles. The topological polar surface area (TPSA) is 58.2 Å². The molecule has 0 saturated heterocycles. The van der Waals surface area contributed by atoms with Crippen LogP contribution >= 0.6 is 15.9 Å². The van der Waals surface area contributed by atoms with Crippen LogP contribution in [-0.4, -0.2) is 21.5 Å². The predicted octanol–water partition coefficient (Wildman–Crippen LogP) is 2.55. The molecule has 0 heterocycles. The van der Waals surface area contributed by atoms with Gasteiger partial charge in [0.25, 0.3) is 0 Å². The molecule has 2 N–H and O–H groups in total. The maximum Gasteiger partial charge on any atom is 0.241 e. The van der Waals surface area contributed by atoms with Gasteiger partial charge in [-0.05, 0) is 56.0 Å². The van der Waals surface area contributed by atoms with E-state index in [1.807, 2.05) is 20.0 Å². The first kappa shape index (κ1) is 15.9. The summed E-state index contributed by atoms with van der Waals surface area (Å²) in [6, 6.07) is 3.79. The molecule has 2 rings (SSSR count). The van der Waals surface area contributed by atoms with Gasteiger partial charge in [0.05, 0.1) is 4.90 Å². The van der Waals surface area contributed by atoms with Crippen LogP contribution in [0.5, 0.6) is 0 Å². The van der Waals surface area contributed by atoms with Crippen LogP contribution in [0.2, 0.25) is 0 Å². The molecule has 0 radical (unpaired) electrons. The van der Waals surface area contributed by atoms with Gasteiger partial charge in [-0.2, -0.15) is 0 Å². The monoisotopic (exact) mass is 360 g/mol. The van der Waals surface area contributed by atoms with Crippen molar-refractivity contribution in [3.63, 3.8) is 0 Å². The molecule has 20 heavy (non-hydrogen) atoms. The molecule has 1 saturated carbocycles. The highest BCUT2D eigenvalue weighted by molar-refractivity contribution is 9.10. The standard InChI is InChI=1S/C14H21BrN2O2S/c1-9-4-12(5-9)17-20(18,19)14-7-11(8-16-3)6-13(15)10(14)2/h6-7,9,12,16-17H,4-5,8H2,1-3H3. The fraction of sp³-hybridized carbons (Fsp3) is 0.571. The van der Waals surface area contributed by atoms with Crippen molar-refractivity contribution >= 4 is 26.0 Å². The number of nitrogens with one attached hydrogen (secondary N) is 2. The van der Waals surface area contributed by atoms with Gasteiger partial charge in [-0.25, -0.2) is 13.1 Å². The van der Waals surface area contributed by atoms with Crippen LogP contribution in [0.3, 0.4) is 0 Å². The van der Waals surface area contributed by atoms with E-state index in [-0.39, 0.29) is 6.04 Å². The lowest BCUT2D eigenvalue weighted by Gasteiger charge is -2.33. The van der Waals surface area contributed by atoms with E-state index in [0.29, 0.717) is 17.4 Å². The number of halogens is 1. The van der Waals surface area contributed by atoms with E-state index in [0.717, 1.165) is 28.4 Å². The maximum absolute atomic E-state index is 12.5. The van der Waals surface area contributed by atoms with Gasteiger partial charge < -0.3 is 5.32 Å². The molecule has 1 fully saturated rings. The Morgan fingerprint density at radius 3 is 2.55 bits per heavy atom. The number of benzene rings is 1. The fourth-order valence-corrected chi connectivity index (χ4v) is 4.79. The number of sulfonamides is 1. The molecule has 0 amide bonds. The lowest BCUT2D eigenvalue weighted by atomic mass is 9.83. The number of hydrogen-bond donors (Lipinski definition) is 2. The van der Waals surface area contributed by atoms with Crippen molar-refractivity contribution in [2.24, 2.45) is 5.92 Å². The molecule has 0 atom stereocenters. The average molecular weight is 361 g/mol. The van der Waals surface area contributed by atoms with Gasteiger partial charge in [-0.1, -0.05) is 22.9 Å². The molecule has 0 aliphatic heterocycles. The first-order valence-electron chi connectivity index (χ1n) is 6.79. The Kier molecular flexibility index (Phi) is 4.89. The molecule has 112 valence electrons. The van der Waals surface area contributed by atoms with Crippen LogP contribution in [-0.2, 0) is 16.6 Å². The molecule has 0 bridgehead atoms. The Bertz CT molecular complexity index is 595. The third-order valence-corrected chi connectivity index (χ3v) is 6.19. The summed E-state index contributed by atoms with van der Waals surface area (Å²) < 4.78 is 28.7. The van der Waals surface area contributed by atoms with Gasteiger partial charge >= 0.3 is 0 Å².